The Bertz CT molecular complexity index is 647. The van der Waals surface area contributed by atoms with Crippen molar-refractivity contribution in [3.05, 3.63) is 47.2 Å². The molecule has 6 heteroatoms. The molecule has 0 aliphatic rings. The molecule has 2 N–H and O–H groups in total. The number of aromatic amines is 1. The number of esters is 1. The molecule has 110 valence electrons. The number of anilines is 1. The van der Waals surface area contributed by atoms with Gasteiger partial charge >= 0.3 is 5.97 Å². The molecule has 21 heavy (non-hydrogen) atoms. The van der Waals surface area contributed by atoms with Gasteiger partial charge in [-0.15, -0.1) is 0 Å². The first-order chi connectivity index (χ1) is 10.1. The molecule has 0 saturated carbocycles. The Balaban J connectivity index is 2.19. The van der Waals surface area contributed by atoms with E-state index in [1.165, 1.54) is 0 Å². The Labute approximate surface area is 123 Å². The van der Waals surface area contributed by atoms with Crippen LogP contribution in [0.3, 0.4) is 0 Å². The molecule has 0 spiro atoms. The predicted octanol–water partition coefficient (Wildman–Crippen LogP) is 2.73. The molecular weight excluding hydrogens is 268 g/mol. The molecule has 0 amide bonds. The van der Waals surface area contributed by atoms with Crippen LogP contribution in [0.5, 0.6) is 0 Å². The van der Waals surface area contributed by atoms with Gasteiger partial charge in [-0.2, -0.15) is 10.2 Å². The maximum absolute atomic E-state index is 11.9. The number of hydrogen-bond donors (Lipinski definition) is 2. The highest BCUT2D eigenvalue weighted by molar-refractivity contribution is 6.00. The molecule has 6 nitrogen and oxygen atoms in total. The van der Waals surface area contributed by atoms with E-state index < -0.39 is 5.97 Å². The van der Waals surface area contributed by atoms with E-state index in [-0.39, 0.29) is 0 Å². The Kier molecular flexibility index (Phi) is 4.71. The van der Waals surface area contributed by atoms with E-state index in [0.717, 1.165) is 11.3 Å². The van der Waals surface area contributed by atoms with Crippen LogP contribution in [-0.4, -0.2) is 28.5 Å². The van der Waals surface area contributed by atoms with Crippen molar-refractivity contribution in [1.82, 2.24) is 10.2 Å². The third-order valence-electron chi connectivity index (χ3n) is 2.95. The van der Waals surface area contributed by atoms with E-state index in [0.29, 0.717) is 23.7 Å². The number of rotatable bonds is 5. The SMILES string of the molecule is CCOC(=O)c1c(NN=C(C)c2ccccc2)n[nH]c1C. The van der Waals surface area contributed by atoms with Crippen LogP contribution in [0.25, 0.3) is 0 Å². The van der Waals surface area contributed by atoms with Crippen LogP contribution in [0.15, 0.2) is 35.4 Å². The van der Waals surface area contributed by atoms with E-state index in [4.69, 9.17) is 4.74 Å². The average Bonchev–Trinajstić information content (AvgIpc) is 2.87. The van der Waals surface area contributed by atoms with Gasteiger partial charge in [-0.05, 0) is 26.3 Å². The highest BCUT2D eigenvalue weighted by Crippen LogP contribution is 2.17. The number of carbonyl (C=O) groups is 1. The maximum Gasteiger partial charge on any atom is 0.343 e. The zero-order valence-electron chi connectivity index (χ0n) is 12.3. The summed E-state index contributed by atoms with van der Waals surface area (Å²) >= 11 is 0. The van der Waals surface area contributed by atoms with E-state index in [1.54, 1.807) is 13.8 Å². The molecule has 0 radical (unpaired) electrons. The molecule has 2 rings (SSSR count). The Morgan fingerprint density at radius 3 is 2.76 bits per heavy atom. The Hall–Kier alpha value is -2.63. The summed E-state index contributed by atoms with van der Waals surface area (Å²) in [5, 5.41) is 11.1. The minimum atomic E-state index is -0.418. The number of H-pyrrole nitrogens is 1. The first-order valence-electron chi connectivity index (χ1n) is 6.71. The van der Waals surface area contributed by atoms with E-state index in [9.17, 15) is 4.79 Å². The molecule has 0 saturated heterocycles. The number of nitrogens with zero attached hydrogens (tertiary/aromatic N) is 2. The average molecular weight is 286 g/mol. The third kappa shape index (κ3) is 3.47. The van der Waals surface area contributed by atoms with Gasteiger partial charge in [0.1, 0.15) is 5.56 Å². The maximum atomic E-state index is 11.9. The lowest BCUT2D eigenvalue weighted by Crippen LogP contribution is -2.08. The summed E-state index contributed by atoms with van der Waals surface area (Å²) in [7, 11) is 0. The van der Waals surface area contributed by atoms with Crippen molar-refractivity contribution in [3.63, 3.8) is 0 Å². The molecule has 0 bridgehead atoms. The number of nitrogens with one attached hydrogen (secondary N) is 2. The van der Waals surface area contributed by atoms with Gasteiger partial charge in [0.25, 0.3) is 0 Å². The fourth-order valence-electron chi connectivity index (χ4n) is 1.84. The molecule has 0 atom stereocenters. The molecule has 0 aliphatic carbocycles. The van der Waals surface area contributed by atoms with Crippen molar-refractivity contribution in [3.8, 4) is 0 Å². The highest BCUT2D eigenvalue weighted by Gasteiger charge is 2.19. The number of aryl methyl sites for hydroxylation is 1. The Morgan fingerprint density at radius 2 is 2.10 bits per heavy atom. The van der Waals surface area contributed by atoms with Crippen LogP contribution in [0.1, 0.15) is 35.5 Å². The van der Waals surface area contributed by atoms with Gasteiger partial charge in [0.05, 0.1) is 12.3 Å². The molecule has 0 aliphatic heterocycles. The van der Waals surface area contributed by atoms with Crippen LogP contribution in [0.2, 0.25) is 0 Å². The van der Waals surface area contributed by atoms with Gasteiger partial charge in [0.15, 0.2) is 5.82 Å². The number of hydrazone groups is 1. The third-order valence-corrected chi connectivity index (χ3v) is 2.95. The van der Waals surface area contributed by atoms with Crippen LogP contribution >= 0.6 is 0 Å². The first-order valence-corrected chi connectivity index (χ1v) is 6.71. The van der Waals surface area contributed by atoms with E-state index >= 15 is 0 Å². The molecule has 1 aromatic carbocycles. The summed E-state index contributed by atoms with van der Waals surface area (Å²) in [6.45, 7) is 5.72. The number of carbonyl (C=O) groups excluding carboxylic acids is 1. The summed E-state index contributed by atoms with van der Waals surface area (Å²) in [6.07, 6.45) is 0. The second-order valence-corrected chi connectivity index (χ2v) is 4.47. The second kappa shape index (κ2) is 6.69. The van der Waals surface area contributed by atoms with E-state index in [1.807, 2.05) is 37.3 Å². The van der Waals surface area contributed by atoms with E-state index in [2.05, 4.69) is 20.7 Å². The van der Waals surface area contributed by atoms with Crippen LogP contribution in [0.4, 0.5) is 5.82 Å². The zero-order chi connectivity index (χ0) is 15.2. The van der Waals surface area contributed by atoms with Crippen LogP contribution in [0, 0.1) is 6.92 Å². The summed E-state index contributed by atoms with van der Waals surface area (Å²) in [4.78, 5) is 11.9. The molecule has 2 aromatic rings. The Morgan fingerprint density at radius 1 is 1.38 bits per heavy atom. The molecule has 0 fully saturated rings. The van der Waals surface area contributed by atoms with Gasteiger partial charge in [-0.25, -0.2) is 4.79 Å². The van der Waals surface area contributed by atoms with Gasteiger partial charge in [0.2, 0.25) is 0 Å². The number of benzene rings is 1. The quantitative estimate of drug-likeness (QED) is 0.503. The van der Waals surface area contributed by atoms with Crippen LogP contribution in [-0.2, 0) is 4.74 Å². The summed E-state index contributed by atoms with van der Waals surface area (Å²) in [6, 6.07) is 9.75. The summed E-state index contributed by atoms with van der Waals surface area (Å²) < 4.78 is 5.01. The lowest BCUT2D eigenvalue weighted by molar-refractivity contribution is 0.0526. The number of aromatic nitrogens is 2. The lowest BCUT2D eigenvalue weighted by Gasteiger charge is -2.04. The van der Waals surface area contributed by atoms with Gasteiger partial charge in [-0.1, -0.05) is 30.3 Å². The molecule has 1 heterocycles. The molecular formula is C15H18N4O2. The minimum absolute atomic E-state index is 0.315. The first kappa shape index (κ1) is 14.8. The summed E-state index contributed by atoms with van der Waals surface area (Å²) in [5.41, 5.74) is 5.63. The van der Waals surface area contributed by atoms with Gasteiger partial charge < -0.3 is 4.74 Å². The largest absolute Gasteiger partial charge is 0.462 e. The fourth-order valence-corrected chi connectivity index (χ4v) is 1.84. The van der Waals surface area contributed by atoms with Gasteiger partial charge in [-0.3, -0.25) is 10.5 Å². The van der Waals surface area contributed by atoms with Crippen molar-refractivity contribution in [1.29, 1.82) is 0 Å². The highest BCUT2D eigenvalue weighted by atomic mass is 16.5. The normalized spacial score (nSPS) is 11.3. The monoisotopic (exact) mass is 286 g/mol. The molecule has 1 aromatic heterocycles. The smallest absolute Gasteiger partial charge is 0.343 e. The topological polar surface area (TPSA) is 79.4 Å². The van der Waals surface area contributed by atoms with Crippen LogP contribution < -0.4 is 5.43 Å². The minimum Gasteiger partial charge on any atom is -0.462 e. The number of ether oxygens (including phenoxy) is 1. The van der Waals surface area contributed by atoms with Crippen molar-refractivity contribution in [2.45, 2.75) is 20.8 Å². The fraction of sp³-hybridized carbons (Fsp3) is 0.267. The van der Waals surface area contributed by atoms with Crippen molar-refractivity contribution in [2.75, 3.05) is 12.0 Å². The zero-order valence-corrected chi connectivity index (χ0v) is 12.3. The van der Waals surface area contributed by atoms with Crippen molar-refractivity contribution in [2.24, 2.45) is 5.10 Å². The standard InChI is InChI=1S/C15H18N4O2/c1-4-21-15(20)13-11(3)17-19-14(13)18-16-10(2)12-8-6-5-7-9-12/h5-9H,4H2,1-3H3,(H2,17,18,19). The number of hydrogen-bond acceptors (Lipinski definition) is 5. The molecule has 0 unspecified atom stereocenters. The van der Waals surface area contributed by atoms with Crippen molar-refractivity contribution >= 4 is 17.5 Å². The lowest BCUT2D eigenvalue weighted by atomic mass is 10.1. The second-order valence-electron chi connectivity index (χ2n) is 4.47. The van der Waals surface area contributed by atoms with Crippen molar-refractivity contribution < 1.29 is 9.53 Å². The summed E-state index contributed by atoms with van der Waals surface area (Å²) in [5.74, 6) is -0.0555. The predicted molar refractivity (Wildman–Crippen MR) is 81.6 cm³/mol. The van der Waals surface area contributed by atoms with Gasteiger partial charge in [0, 0.05) is 5.69 Å².